The molecule has 102 valence electrons. The van der Waals surface area contributed by atoms with Gasteiger partial charge in [0.05, 0.1) is 19.8 Å². The van der Waals surface area contributed by atoms with Crippen molar-refractivity contribution in [3.8, 4) is 0 Å². The van der Waals surface area contributed by atoms with Crippen molar-refractivity contribution in [2.75, 3.05) is 39.5 Å². The van der Waals surface area contributed by atoms with E-state index in [9.17, 15) is 5.11 Å². The maximum Gasteiger partial charge on any atom is 0.0634 e. The first-order valence-electron chi connectivity index (χ1n) is 6.90. The van der Waals surface area contributed by atoms with Crippen LogP contribution in [0.4, 0.5) is 0 Å². The third kappa shape index (κ3) is 3.65. The van der Waals surface area contributed by atoms with Crippen molar-refractivity contribution in [2.24, 2.45) is 0 Å². The number of fused-ring (bicyclic) bond motifs is 1. The normalized spacial score (nSPS) is 30.7. The second kappa shape index (κ2) is 7.31. The molecule has 2 atom stereocenters. The summed E-state index contributed by atoms with van der Waals surface area (Å²) in [6.45, 7) is 13.4. The molecule has 17 heavy (non-hydrogen) atoms. The van der Waals surface area contributed by atoms with Gasteiger partial charge in [-0.25, -0.2) is 0 Å². The Bertz CT molecular complexity index is 212. The number of piperazine rings is 1. The lowest BCUT2D eigenvalue weighted by molar-refractivity contribution is -0.0796. The van der Waals surface area contributed by atoms with Gasteiger partial charge < -0.3 is 9.84 Å². The molecule has 2 unspecified atom stereocenters. The first-order chi connectivity index (χ1) is 8.22. The molecule has 4 heteroatoms. The SMILES string of the molecule is CC.CC(C)N1CC2COCCN2CC1CO. The summed E-state index contributed by atoms with van der Waals surface area (Å²) in [7, 11) is 0. The van der Waals surface area contributed by atoms with E-state index in [0.717, 1.165) is 32.8 Å². The summed E-state index contributed by atoms with van der Waals surface area (Å²) in [5.41, 5.74) is 0. The van der Waals surface area contributed by atoms with Crippen molar-refractivity contribution in [2.45, 2.75) is 45.8 Å². The van der Waals surface area contributed by atoms with Gasteiger partial charge >= 0.3 is 0 Å². The molecule has 2 aliphatic heterocycles. The molecule has 0 radical (unpaired) electrons. The highest BCUT2D eigenvalue weighted by Gasteiger charge is 2.35. The minimum atomic E-state index is 0.266. The summed E-state index contributed by atoms with van der Waals surface area (Å²) in [5.74, 6) is 0. The summed E-state index contributed by atoms with van der Waals surface area (Å²) in [5, 5.41) is 9.40. The van der Waals surface area contributed by atoms with E-state index in [1.165, 1.54) is 0 Å². The molecule has 0 saturated carbocycles. The first kappa shape index (κ1) is 14.9. The predicted molar refractivity (Wildman–Crippen MR) is 70.2 cm³/mol. The van der Waals surface area contributed by atoms with E-state index in [1.54, 1.807) is 0 Å². The highest BCUT2D eigenvalue weighted by molar-refractivity contribution is 4.91. The Kier molecular flexibility index (Phi) is 6.41. The van der Waals surface area contributed by atoms with Gasteiger partial charge in [-0.05, 0) is 13.8 Å². The van der Waals surface area contributed by atoms with Crippen molar-refractivity contribution in [3.05, 3.63) is 0 Å². The van der Waals surface area contributed by atoms with Crippen molar-refractivity contribution in [3.63, 3.8) is 0 Å². The number of ether oxygens (including phenoxy) is 1. The molecule has 0 amide bonds. The zero-order valence-corrected chi connectivity index (χ0v) is 11.7. The maximum absolute atomic E-state index is 9.40. The van der Waals surface area contributed by atoms with Gasteiger partial charge in [0.1, 0.15) is 0 Å². The average Bonchev–Trinajstić information content (AvgIpc) is 2.39. The number of hydrogen-bond acceptors (Lipinski definition) is 4. The summed E-state index contributed by atoms with van der Waals surface area (Å²) >= 11 is 0. The second-order valence-electron chi connectivity index (χ2n) is 4.85. The number of morpholine rings is 1. The number of nitrogens with zero attached hydrogens (tertiary/aromatic N) is 2. The minimum absolute atomic E-state index is 0.266. The fourth-order valence-corrected chi connectivity index (χ4v) is 2.66. The van der Waals surface area contributed by atoms with E-state index in [0.29, 0.717) is 18.1 Å². The van der Waals surface area contributed by atoms with Crippen molar-refractivity contribution in [1.82, 2.24) is 9.80 Å². The zero-order chi connectivity index (χ0) is 12.8. The van der Waals surface area contributed by atoms with Crippen LogP contribution in [0.2, 0.25) is 0 Å². The van der Waals surface area contributed by atoms with Gasteiger partial charge in [0.2, 0.25) is 0 Å². The molecular weight excluding hydrogens is 216 g/mol. The largest absolute Gasteiger partial charge is 0.395 e. The summed E-state index contributed by atoms with van der Waals surface area (Å²) in [4.78, 5) is 4.86. The summed E-state index contributed by atoms with van der Waals surface area (Å²) < 4.78 is 5.51. The molecule has 0 aromatic heterocycles. The summed E-state index contributed by atoms with van der Waals surface area (Å²) in [6, 6.07) is 1.34. The lowest BCUT2D eigenvalue weighted by atomic mass is 10.0. The van der Waals surface area contributed by atoms with E-state index in [2.05, 4.69) is 23.6 Å². The predicted octanol–water partition coefficient (Wildman–Crippen LogP) is 0.798. The van der Waals surface area contributed by atoms with Crippen LogP contribution in [0.1, 0.15) is 27.7 Å². The molecule has 2 saturated heterocycles. The van der Waals surface area contributed by atoms with Gasteiger partial charge in [-0.3, -0.25) is 9.80 Å². The van der Waals surface area contributed by atoms with Gasteiger partial charge in [-0.1, -0.05) is 13.8 Å². The molecular formula is C13H28N2O2. The van der Waals surface area contributed by atoms with E-state index >= 15 is 0 Å². The lowest BCUT2D eigenvalue weighted by Gasteiger charge is -2.49. The Labute approximate surface area is 106 Å². The zero-order valence-electron chi connectivity index (χ0n) is 11.7. The standard InChI is InChI=1S/C11H22N2O2.C2H6/c1-9(2)13-6-11-8-15-4-3-12(11)5-10(13)7-14;1-2/h9-11,14H,3-8H2,1-2H3;1-2H3. The summed E-state index contributed by atoms with van der Waals surface area (Å²) in [6.07, 6.45) is 0. The third-order valence-corrected chi connectivity index (χ3v) is 3.56. The second-order valence-corrected chi connectivity index (χ2v) is 4.85. The van der Waals surface area contributed by atoms with E-state index < -0.39 is 0 Å². The Hall–Kier alpha value is -0.160. The van der Waals surface area contributed by atoms with Gasteiger partial charge in [0.15, 0.2) is 0 Å². The molecule has 0 bridgehead atoms. The molecule has 4 nitrogen and oxygen atoms in total. The minimum Gasteiger partial charge on any atom is -0.395 e. The van der Waals surface area contributed by atoms with Gasteiger partial charge in [-0.15, -0.1) is 0 Å². The molecule has 2 heterocycles. The van der Waals surface area contributed by atoms with Crippen molar-refractivity contribution < 1.29 is 9.84 Å². The van der Waals surface area contributed by atoms with E-state index in [4.69, 9.17) is 4.74 Å². The monoisotopic (exact) mass is 244 g/mol. The Balaban J connectivity index is 0.000000686. The maximum atomic E-state index is 9.40. The molecule has 0 aromatic carbocycles. The molecule has 0 spiro atoms. The fourth-order valence-electron chi connectivity index (χ4n) is 2.66. The highest BCUT2D eigenvalue weighted by Crippen LogP contribution is 2.20. The van der Waals surface area contributed by atoms with Crippen LogP contribution in [0, 0.1) is 0 Å². The van der Waals surface area contributed by atoms with Crippen LogP contribution in [-0.4, -0.2) is 72.5 Å². The third-order valence-electron chi connectivity index (χ3n) is 3.56. The van der Waals surface area contributed by atoms with Gasteiger partial charge in [0, 0.05) is 37.8 Å². The number of aliphatic hydroxyl groups is 1. The fraction of sp³-hybridized carbons (Fsp3) is 1.00. The van der Waals surface area contributed by atoms with Crippen LogP contribution in [0.15, 0.2) is 0 Å². The van der Waals surface area contributed by atoms with Crippen molar-refractivity contribution in [1.29, 1.82) is 0 Å². The van der Waals surface area contributed by atoms with Crippen LogP contribution < -0.4 is 0 Å². The number of rotatable bonds is 2. The molecule has 1 N–H and O–H groups in total. The first-order valence-corrected chi connectivity index (χ1v) is 6.90. The van der Waals surface area contributed by atoms with E-state index in [1.807, 2.05) is 13.8 Å². The van der Waals surface area contributed by atoms with Gasteiger partial charge in [0.25, 0.3) is 0 Å². The van der Waals surface area contributed by atoms with Gasteiger partial charge in [-0.2, -0.15) is 0 Å². The Morgan fingerprint density at radius 1 is 1.29 bits per heavy atom. The lowest BCUT2D eigenvalue weighted by Crippen LogP contribution is -2.64. The van der Waals surface area contributed by atoms with Crippen LogP contribution >= 0.6 is 0 Å². The molecule has 2 fully saturated rings. The van der Waals surface area contributed by atoms with Crippen molar-refractivity contribution >= 4 is 0 Å². The highest BCUT2D eigenvalue weighted by atomic mass is 16.5. The average molecular weight is 244 g/mol. The number of hydrogen-bond donors (Lipinski definition) is 1. The molecule has 2 rings (SSSR count). The Morgan fingerprint density at radius 3 is 2.59 bits per heavy atom. The van der Waals surface area contributed by atoms with Crippen LogP contribution in [0.5, 0.6) is 0 Å². The van der Waals surface area contributed by atoms with E-state index in [-0.39, 0.29) is 6.61 Å². The molecule has 2 aliphatic rings. The topological polar surface area (TPSA) is 35.9 Å². The quantitative estimate of drug-likeness (QED) is 0.779. The Morgan fingerprint density at radius 2 is 2.00 bits per heavy atom. The number of aliphatic hydroxyl groups excluding tert-OH is 1. The van der Waals surface area contributed by atoms with Crippen LogP contribution in [-0.2, 0) is 4.74 Å². The molecule has 0 aromatic rings. The smallest absolute Gasteiger partial charge is 0.0634 e. The molecule has 0 aliphatic carbocycles. The van der Waals surface area contributed by atoms with Crippen LogP contribution in [0.3, 0.4) is 0 Å². The van der Waals surface area contributed by atoms with Crippen LogP contribution in [0.25, 0.3) is 0 Å².